The molecule has 0 spiro atoms. The van der Waals surface area contributed by atoms with Gasteiger partial charge < -0.3 is 0 Å². The second-order valence-electron chi connectivity index (χ2n) is 5.24. The number of hydrogen-bond donors (Lipinski definition) is 0. The molecule has 0 bridgehead atoms. The van der Waals surface area contributed by atoms with Crippen molar-refractivity contribution in [1.29, 1.82) is 0 Å². The van der Waals surface area contributed by atoms with Crippen molar-refractivity contribution < 1.29 is 8.42 Å². The third-order valence-corrected chi connectivity index (χ3v) is 4.94. The monoisotopic (exact) mass is 337 g/mol. The van der Waals surface area contributed by atoms with Crippen LogP contribution >= 0.6 is 0 Å². The Hall–Kier alpha value is -2.25. The molecule has 0 heterocycles. The highest BCUT2D eigenvalue weighted by Gasteiger charge is 2.27. The molecular weight excluding hydrogens is 318 g/mol. The Morgan fingerprint density at radius 3 is 1.87 bits per heavy atom. The highest BCUT2D eigenvalue weighted by atomic mass is 32.2. The normalized spacial score (nSPS) is 13.7. The standard InChI is InChI=1S/C13H19N7O2S/c1-10-4-6-13(7-5-10)23(21,22)20(8-11(2)16-18-14)9-12(3)17-19-15/h4-7,11-12H,8-9H2,1-3H3. The van der Waals surface area contributed by atoms with Crippen LogP contribution in [0.15, 0.2) is 39.4 Å². The number of rotatable bonds is 8. The number of nitrogens with zero attached hydrogens (tertiary/aromatic N) is 7. The molecule has 0 radical (unpaired) electrons. The molecule has 2 atom stereocenters. The highest BCUT2D eigenvalue weighted by molar-refractivity contribution is 7.89. The smallest absolute Gasteiger partial charge is 0.207 e. The van der Waals surface area contributed by atoms with Crippen LogP contribution in [0.5, 0.6) is 0 Å². The summed E-state index contributed by atoms with van der Waals surface area (Å²) in [5, 5.41) is 7.02. The first-order chi connectivity index (χ1) is 10.8. The number of aryl methyl sites for hydroxylation is 1. The van der Waals surface area contributed by atoms with Crippen LogP contribution in [0.2, 0.25) is 0 Å². The summed E-state index contributed by atoms with van der Waals surface area (Å²) in [7, 11) is -3.78. The zero-order valence-electron chi connectivity index (χ0n) is 13.2. The van der Waals surface area contributed by atoms with Gasteiger partial charge in [-0.05, 0) is 30.1 Å². The third kappa shape index (κ3) is 5.46. The molecule has 0 N–H and O–H groups in total. The van der Waals surface area contributed by atoms with Crippen molar-refractivity contribution in [2.75, 3.05) is 13.1 Å². The Labute approximate surface area is 135 Å². The van der Waals surface area contributed by atoms with Crippen molar-refractivity contribution in [3.63, 3.8) is 0 Å². The minimum Gasteiger partial charge on any atom is -0.207 e. The third-order valence-electron chi connectivity index (χ3n) is 3.09. The van der Waals surface area contributed by atoms with Gasteiger partial charge in [0.1, 0.15) is 0 Å². The van der Waals surface area contributed by atoms with Crippen LogP contribution in [0.3, 0.4) is 0 Å². The minimum absolute atomic E-state index is 0.00551. The summed E-state index contributed by atoms with van der Waals surface area (Å²) in [4.78, 5) is 5.53. The molecule has 0 aliphatic rings. The van der Waals surface area contributed by atoms with Gasteiger partial charge in [0.2, 0.25) is 10.0 Å². The first-order valence-electron chi connectivity index (χ1n) is 6.96. The molecule has 0 aliphatic heterocycles. The maximum Gasteiger partial charge on any atom is 0.243 e. The lowest BCUT2D eigenvalue weighted by Crippen LogP contribution is -2.39. The average Bonchev–Trinajstić information content (AvgIpc) is 2.47. The second-order valence-corrected chi connectivity index (χ2v) is 7.18. The van der Waals surface area contributed by atoms with Gasteiger partial charge in [-0.3, -0.25) is 0 Å². The van der Waals surface area contributed by atoms with Gasteiger partial charge in [0.05, 0.1) is 4.90 Å². The second kappa shape index (κ2) is 8.40. The molecule has 0 saturated heterocycles. The first-order valence-corrected chi connectivity index (χ1v) is 8.40. The lowest BCUT2D eigenvalue weighted by Gasteiger charge is -2.25. The maximum atomic E-state index is 12.8. The molecular formula is C13H19N7O2S. The summed E-state index contributed by atoms with van der Waals surface area (Å²) in [5.41, 5.74) is 17.9. The minimum atomic E-state index is -3.78. The van der Waals surface area contributed by atoms with Gasteiger partial charge in [-0.25, -0.2) is 8.42 Å². The molecule has 1 aromatic carbocycles. The van der Waals surface area contributed by atoms with Crippen molar-refractivity contribution in [2.24, 2.45) is 10.2 Å². The largest absolute Gasteiger partial charge is 0.243 e. The summed E-state index contributed by atoms with van der Waals surface area (Å²) < 4.78 is 26.7. The van der Waals surface area contributed by atoms with E-state index in [0.717, 1.165) is 5.56 Å². The zero-order chi connectivity index (χ0) is 17.5. The van der Waals surface area contributed by atoms with Crippen molar-refractivity contribution in [3.05, 3.63) is 50.7 Å². The van der Waals surface area contributed by atoms with E-state index in [4.69, 9.17) is 11.1 Å². The van der Waals surface area contributed by atoms with Gasteiger partial charge >= 0.3 is 0 Å². The van der Waals surface area contributed by atoms with Crippen molar-refractivity contribution >= 4 is 10.0 Å². The lowest BCUT2D eigenvalue weighted by molar-refractivity contribution is 0.373. The lowest BCUT2D eigenvalue weighted by atomic mass is 10.2. The van der Waals surface area contributed by atoms with Crippen LogP contribution in [0.25, 0.3) is 20.9 Å². The Morgan fingerprint density at radius 2 is 1.48 bits per heavy atom. The molecule has 0 aliphatic carbocycles. The fourth-order valence-corrected chi connectivity index (χ4v) is 3.57. The van der Waals surface area contributed by atoms with Crippen LogP contribution in [-0.2, 0) is 10.0 Å². The molecule has 23 heavy (non-hydrogen) atoms. The maximum absolute atomic E-state index is 12.8. The summed E-state index contributed by atoms with van der Waals surface area (Å²) in [6.45, 7) is 5.11. The molecule has 1 rings (SSSR count). The quantitative estimate of drug-likeness (QED) is 0.408. The Bertz CT molecular complexity index is 693. The van der Waals surface area contributed by atoms with Crippen molar-refractivity contribution in [2.45, 2.75) is 37.8 Å². The fourth-order valence-electron chi connectivity index (χ4n) is 1.97. The fraction of sp³-hybridized carbons (Fsp3) is 0.538. The molecule has 10 heteroatoms. The van der Waals surface area contributed by atoms with Crippen LogP contribution in [0.4, 0.5) is 0 Å². The van der Waals surface area contributed by atoms with Gasteiger partial charge in [0.15, 0.2) is 0 Å². The molecule has 0 amide bonds. The number of hydrogen-bond acceptors (Lipinski definition) is 4. The van der Waals surface area contributed by atoms with E-state index in [2.05, 4.69) is 20.1 Å². The zero-order valence-corrected chi connectivity index (χ0v) is 14.1. The predicted molar refractivity (Wildman–Crippen MR) is 87.2 cm³/mol. The highest BCUT2D eigenvalue weighted by Crippen LogP contribution is 2.18. The van der Waals surface area contributed by atoms with E-state index in [1.165, 1.54) is 16.4 Å². The van der Waals surface area contributed by atoms with Gasteiger partial charge in [-0.15, -0.1) is 0 Å². The van der Waals surface area contributed by atoms with Crippen LogP contribution in [0, 0.1) is 6.92 Å². The van der Waals surface area contributed by atoms with Crippen LogP contribution < -0.4 is 0 Å². The SMILES string of the molecule is Cc1ccc(S(=O)(=O)N(CC(C)N=[N+]=[N-])CC(C)N=[N+]=[N-])cc1. The molecule has 0 fully saturated rings. The molecule has 0 saturated carbocycles. The van der Waals surface area contributed by atoms with E-state index in [1.54, 1.807) is 26.0 Å². The van der Waals surface area contributed by atoms with Crippen LogP contribution in [-0.4, -0.2) is 37.9 Å². The van der Waals surface area contributed by atoms with Gasteiger partial charge in [-0.1, -0.05) is 41.8 Å². The predicted octanol–water partition coefficient (Wildman–Crippen LogP) is 3.38. The molecule has 2 unspecified atom stereocenters. The van der Waals surface area contributed by atoms with Crippen molar-refractivity contribution in [1.82, 2.24) is 4.31 Å². The average molecular weight is 337 g/mol. The van der Waals surface area contributed by atoms with Gasteiger partial charge in [0, 0.05) is 35.0 Å². The van der Waals surface area contributed by atoms with Crippen LogP contribution in [0.1, 0.15) is 19.4 Å². The Kier molecular flexibility index (Phi) is 6.87. The molecule has 124 valence electrons. The summed E-state index contributed by atoms with van der Waals surface area (Å²) in [5.74, 6) is 0. The first kappa shape index (κ1) is 18.8. The molecule has 1 aromatic rings. The molecule has 0 aromatic heterocycles. The van der Waals surface area contributed by atoms with E-state index in [1.807, 2.05) is 6.92 Å². The number of azide groups is 2. The number of sulfonamides is 1. The molecule has 9 nitrogen and oxygen atoms in total. The van der Waals surface area contributed by atoms with Gasteiger partial charge in [0.25, 0.3) is 0 Å². The van der Waals surface area contributed by atoms with E-state index in [0.29, 0.717) is 0 Å². The Morgan fingerprint density at radius 1 is 1.04 bits per heavy atom. The summed E-state index contributed by atoms with van der Waals surface area (Å²) >= 11 is 0. The van der Waals surface area contributed by atoms with E-state index in [-0.39, 0.29) is 18.0 Å². The summed E-state index contributed by atoms with van der Waals surface area (Å²) in [6.07, 6.45) is 0. The van der Waals surface area contributed by atoms with E-state index >= 15 is 0 Å². The summed E-state index contributed by atoms with van der Waals surface area (Å²) in [6, 6.07) is 5.37. The Balaban J connectivity index is 3.16. The topological polar surface area (TPSA) is 135 Å². The van der Waals surface area contributed by atoms with E-state index < -0.39 is 22.1 Å². The number of benzene rings is 1. The van der Waals surface area contributed by atoms with E-state index in [9.17, 15) is 8.42 Å². The van der Waals surface area contributed by atoms with Gasteiger partial charge in [-0.2, -0.15) is 4.31 Å². The van der Waals surface area contributed by atoms with Crippen molar-refractivity contribution in [3.8, 4) is 0 Å².